The first-order valence-electron chi connectivity index (χ1n) is 5.75. The third-order valence-corrected chi connectivity index (χ3v) is 4.28. The highest BCUT2D eigenvalue weighted by Crippen LogP contribution is 2.26. The Labute approximate surface area is 114 Å². The molecule has 0 amide bonds. The minimum atomic E-state index is 0.215. The predicted octanol–water partition coefficient (Wildman–Crippen LogP) is 3.41. The third-order valence-electron chi connectivity index (χ3n) is 3.28. The number of fused-ring (bicyclic) bond motifs is 1. The number of rotatable bonds is 2. The van der Waals surface area contributed by atoms with Gasteiger partial charge in [0.25, 0.3) is 0 Å². The van der Waals surface area contributed by atoms with Gasteiger partial charge in [-0.15, -0.1) is 0 Å². The summed E-state index contributed by atoms with van der Waals surface area (Å²) >= 11 is 7.15. The van der Waals surface area contributed by atoms with Crippen molar-refractivity contribution in [2.45, 2.75) is 19.9 Å². The second kappa shape index (κ2) is 4.07. The quantitative estimate of drug-likeness (QED) is 0.730. The number of aryl methyl sites for hydroxylation is 2. The fourth-order valence-electron chi connectivity index (χ4n) is 2.35. The summed E-state index contributed by atoms with van der Waals surface area (Å²) < 4.78 is 4.77. The molecule has 6 heteroatoms. The van der Waals surface area contributed by atoms with Gasteiger partial charge in [-0.2, -0.15) is 16.4 Å². The zero-order valence-electron chi connectivity index (χ0n) is 10.5. The largest absolute Gasteiger partial charge is 0.328 e. The van der Waals surface area contributed by atoms with Gasteiger partial charge in [0.05, 0.1) is 11.7 Å². The predicted molar refractivity (Wildman–Crippen MR) is 76.8 cm³/mol. The van der Waals surface area contributed by atoms with Crippen molar-refractivity contribution < 1.29 is 0 Å². The number of H-pyrrole nitrogens is 1. The summed E-state index contributed by atoms with van der Waals surface area (Å²) in [4.78, 5) is 3.26. The molecule has 18 heavy (non-hydrogen) atoms. The van der Waals surface area contributed by atoms with Crippen LogP contribution in [0.2, 0.25) is 0 Å². The van der Waals surface area contributed by atoms with E-state index in [-0.39, 0.29) is 6.04 Å². The number of nitrogens with one attached hydrogen (secondary N) is 1. The molecule has 94 valence electrons. The monoisotopic (exact) mass is 278 g/mol. The van der Waals surface area contributed by atoms with Crippen molar-refractivity contribution in [3.05, 3.63) is 32.9 Å². The first kappa shape index (κ1) is 11.7. The Morgan fingerprint density at radius 3 is 2.94 bits per heavy atom. The topological polar surface area (TPSA) is 38.5 Å². The zero-order valence-corrected chi connectivity index (χ0v) is 12.1. The highest BCUT2D eigenvalue weighted by atomic mass is 32.1. The minimum Gasteiger partial charge on any atom is -0.328 e. The van der Waals surface area contributed by atoms with E-state index >= 15 is 0 Å². The molecule has 3 aromatic heterocycles. The molecule has 0 aliphatic carbocycles. The van der Waals surface area contributed by atoms with Crippen LogP contribution in [-0.2, 0) is 7.05 Å². The average molecular weight is 278 g/mol. The Balaban J connectivity index is 2.29. The number of hydrogen-bond donors (Lipinski definition) is 1. The van der Waals surface area contributed by atoms with Gasteiger partial charge < -0.3 is 4.98 Å². The summed E-state index contributed by atoms with van der Waals surface area (Å²) in [6.45, 7) is 4.15. The van der Waals surface area contributed by atoms with Crippen LogP contribution < -0.4 is 0 Å². The number of imidazole rings is 1. The van der Waals surface area contributed by atoms with E-state index in [1.165, 1.54) is 5.56 Å². The van der Waals surface area contributed by atoms with E-state index in [2.05, 4.69) is 38.4 Å². The maximum absolute atomic E-state index is 5.45. The number of hydrogen-bond acceptors (Lipinski definition) is 3. The first-order chi connectivity index (χ1) is 8.59. The molecular weight excluding hydrogens is 264 g/mol. The highest BCUT2D eigenvalue weighted by molar-refractivity contribution is 7.71. The summed E-state index contributed by atoms with van der Waals surface area (Å²) in [5.74, 6) is 0. The van der Waals surface area contributed by atoms with Crippen LogP contribution in [0.1, 0.15) is 24.2 Å². The second-order valence-electron chi connectivity index (χ2n) is 4.44. The molecule has 0 aliphatic heterocycles. The van der Waals surface area contributed by atoms with E-state index in [9.17, 15) is 0 Å². The van der Waals surface area contributed by atoms with Gasteiger partial charge in [-0.1, -0.05) is 0 Å². The molecule has 0 fully saturated rings. The van der Waals surface area contributed by atoms with Crippen molar-refractivity contribution in [2.75, 3.05) is 0 Å². The van der Waals surface area contributed by atoms with Crippen LogP contribution in [0, 0.1) is 11.7 Å². The fraction of sp³-hybridized carbons (Fsp3) is 0.333. The average Bonchev–Trinajstić information content (AvgIpc) is 2.98. The standard InChI is InChI=1S/C12H14N4S2/c1-7-10-11(15(3)14-7)16(12(17)13-10)8(2)9-4-5-18-6-9/h4-6,8H,1-3H3,(H,13,17). The molecule has 0 aliphatic rings. The van der Waals surface area contributed by atoms with Crippen molar-refractivity contribution in [2.24, 2.45) is 7.05 Å². The normalized spacial score (nSPS) is 13.3. The Morgan fingerprint density at radius 1 is 1.50 bits per heavy atom. The van der Waals surface area contributed by atoms with Gasteiger partial charge in [-0.05, 0) is 48.5 Å². The van der Waals surface area contributed by atoms with Crippen LogP contribution in [0.15, 0.2) is 16.8 Å². The van der Waals surface area contributed by atoms with Crippen LogP contribution in [0.4, 0.5) is 0 Å². The molecule has 4 nitrogen and oxygen atoms in total. The fourth-order valence-corrected chi connectivity index (χ4v) is 3.45. The lowest BCUT2D eigenvalue weighted by atomic mass is 10.2. The molecule has 0 spiro atoms. The van der Waals surface area contributed by atoms with Gasteiger partial charge in [0.15, 0.2) is 10.4 Å². The summed E-state index contributed by atoms with van der Waals surface area (Å²) in [6, 6.07) is 2.35. The number of nitrogens with zero attached hydrogens (tertiary/aromatic N) is 3. The van der Waals surface area contributed by atoms with Crippen LogP contribution in [0.3, 0.4) is 0 Å². The molecule has 1 unspecified atom stereocenters. The summed E-state index contributed by atoms with van der Waals surface area (Å²) in [7, 11) is 1.95. The SMILES string of the molecule is Cc1nn(C)c2c1[nH]c(=S)n2C(C)c1ccsc1. The van der Waals surface area contributed by atoms with Crippen LogP contribution >= 0.6 is 23.6 Å². The molecule has 0 radical (unpaired) electrons. The Morgan fingerprint density at radius 2 is 2.28 bits per heavy atom. The van der Waals surface area contributed by atoms with Gasteiger partial charge in [0.1, 0.15) is 5.52 Å². The zero-order chi connectivity index (χ0) is 12.9. The molecule has 0 bridgehead atoms. The van der Waals surface area contributed by atoms with Crippen molar-refractivity contribution in [1.82, 2.24) is 19.3 Å². The van der Waals surface area contributed by atoms with Crippen molar-refractivity contribution in [1.29, 1.82) is 0 Å². The van der Waals surface area contributed by atoms with Crippen molar-refractivity contribution >= 4 is 34.7 Å². The molecular formula is C12H14N4S2. The van der Waals surface area contributed by atoms with E-state index in [4.69, 9.17) is 12.2 Å². The second-order valence-corrected chi connectivity index (χ2v) is 5.61. The van der Waals surface area contributed by atoms with E-state index in [0.717, 1.165) is 21.6 Å². The summed E-state index contributed by atoms with van der Waals surface area (Å²) in [5.41, 5.74) is 4.34. The minimum absolute atomic E-state index is 0.215. The summed E-state index contributed by atoms with van der Waals surface area (Å²) in [6.07, 6.45) is 0. The Hall–Kier alpha value is -1.40. The highest BCUT2D eigenvalue weighted by Gasteiger charge is 2.18. The van der Waals surface area contributed by atoms with Gasteiger partial charge in [0, 0.05) is 7.05 Å². The van der Waals surface area contributed by atoms with Crippen LogP contribution in [-0.4, -0.2) is 19.3 Å². The summed E-state index contributed by atoms with van der Waals surface area (Å²) in [5, 5.41) is 8.69. The molecule has 1 N–H and O–H groups in total. The third kappa shape index (κ3) is 1.56. The van der Waals surface area contributed by atoms with Gasteiger partial charge >= 0.3 is 0 Å². The molecule has 0 aromatic carbocycles. The maximum atomic E-state index is 5.45. The van der Waals surface area contributed by atoms with Gasteiger partial charge in [-0.25, -0.2) is 0 Å². The molecule has 3 aromatic rings. The van der Waals surface area contributed by atoms with Crippen LogP contribution in [0.5, 0.6) is 0 Å². The first-order valence-corrected chi connectivity index (χ1v) is 7.10. The molecule has 0 saturated heterocycles. The maximum Gasteiger partial charge on any atom is 0.179 e. The number of aromatic amines is 1. The van der Waals surface area contributed by atoms with E-state index < -0.39 is 0 Å². The Bertz CT molecular complexity index is 745. The van der Waals surface area contributed by atoms with Crippen molar-refractivity contribution in [3.8, 4) is 0 Å². The lowest BCUT2D eigenvalue weighted by molar-refractivity contribution is 0.622. The van der Waals surface area contributed by atoms with E-state index in [0.29, 0.717) is 0 Å². The molecule has 1 atom stereocenters. The number of thiophene rings is 1. The molecule has 3 heterocycles. The lowest BCUT2D eigenvalue weighted by Crippen LogP contribution is -2.08. The number of aromatic nitrogens is 4. The Kier molecular flexibility index (Phi) is 2.64. The molecule has 0 saturated carbocycles. The van der Waals surface area contributed by atoms with Gasteiger partial charge in [-0.3, -0.25) is 9.25 Å². The van der Waals surface area contributed by atoms with Crippen LogP contribution in [0.25, 0.3) is 11.2 Å². The van der Waals surface area contributed by atoms with Gasteiger partial charge in [0.2, 0.25) is 0 Å². The smallest absolute Gasteiger partial charge is 0.179 e. The lowest BCUT2D eigenvalue weighted by Gasteiger charge is -2.13. The van der Waals surface area contributed by atoms with E-state index in [1.54, 1.807) is 11.3 Å². The van der Waals surface area contributed by atoms with Crippen molar-refractivity contribution in [3.63, 3.8) is 0 Å². The van der Waals surface area contributed by atoms with E-state index in [1.807, 2.05) is 18.7 Å². The molecule has 3 rings (SSSR count).